The maximum atomic E-state index is 11.3. The minimum absolute atomic E-state index is 0.0677. The molecule has 0 spiro atoms. The molecule has 0 aliphatic carbocycles. The van der Waals surface area contributed by atoms with Crippen LogP contribution in [0.25, 0.3) is 0 Å². The van der Waals surface area contributed by atoms with Crippen molar-refractivity contribution in [1.29, 1.82) is 0 Å². The Kier molecular flexibility index (Phi) is 4.98. The van der Waals surface area contributed by atoms with Crippen molar-refractivity contribution >= 4 is 5.91 Å². The van der Waals surface area contributed by atoms with Gasteiger partial charge in [-0.25, -0.2) is 0 Å². The van der Waals surface area contributed by atoms with Crippen molar-refractivity contribution in [3.05, 3.63) is 35.4 Å². The second-order valence-corrected chi connectivity index (χ2v) is 6.19. The Morgan fingerprint density at radius 3 is 2.95 bits per heavy atom. The third kappa shape index (κ3) is 4.52. The molecule has 5 heteroatoms. The number of methoxy groups -OCH3 is 1. The Balaban J connectivity index is 2.07. The average Bonchev–Trinajstić information content (AvgIpc) is 2.37. The van der Waals surface area contributed by atoms with Gasteiger partial charge in [0.15, 0.2) is 0 Å². The number of ether oxygens (including phenoxy) is 2. The van der Waals surface area contributed by atoms with Gasteiger partial charge in [-0.05, 0) is 31.5 Å². The smallest absolute Gasteiger partial charge is 0.248 e. The first-order valence-electron chi connectivity index (χ1n) is 7.17. The van der Waals surface area contributed by atoms with Crippen molar-refractivity contribution in [3.63, 3.8) is 0 Å². The fourth-order valence-corrected chi connectivity index (χ4v) is 2.89. The van der Waals surface area contributed by atoms with Crippen LogP contribution in [0.1, 0.15) is 29.8 Å². The Labute approximate surface area is 126 Å². The fourth-order valence-electron chi connectivity index (χ4n) is 2.89. The van der Waals surface area contributed by atoms with Gasteiger partial charge in [0, 0.05) is 32.3 Å². The predicted molar refractivity (Wildman–Crippen MR) is 81.1 cm³/mol. The van der Waals surface area contributed by atoms with Gasteiger partial charge in [0.2, 0.25) is 5.91 Å². The molecule has 1 aromatic carbocycles. The van der Waals surface area contributed by atoms with E-state index in [1.54, 1.807) is 13.2 Å². The summed E-state index contributed by atoms with van der Waals surface area (Å²) < 4.78 is 11.2. The summed E-state index contributed by atoms with van der Waals surface area (Å²) in [5, 5.41) is 0. The van der Waals surface area contributed by atoms with Crippen LogP contribution in [0.15, 0.2) is 24.3 Å². The van der Waals surface area contributed by atoms with E-state index in [-0.39, 0.29) is 11.7 Å². The minimum atomic E-state index is -0.392. The fraction of sp³-hybridized carbons (Fsp3) is 0.562. The third-order valence-electron chi connectivity index (χ3n) is 3.52. The van der Waals surface area contributed by atoms with Gasteiger partial charge in [0.05, 0.1) is 18.3 Å². The van der Waals surface area contributed by atoms with Gasteiger partial charge in [-0.3, -0.25) is 9.69 Å². The monoisotopic (exact) mass is 292 g/mol. The molecule has 116 valence electrons. The van der Waals surface area contributed by atoms with Crippen LogP contribution >= 0.6 is 0 Å². The summed E-state index contributed by atoms with van der Waals surface area (Å²) in [7, 11) is 1.69. The van der Waals surface area contributed by atoms with E-state index in [2.05, 4.69) is 18.7 Å². The molecule has 1 aliphatic heterocycles. The highest BCUT2D eigenvalue weighted by atomic mass is 16.5. The summed E-state index contributed by atoms with van der Waals surface area (Å²) in [5.41, 5.74) is 6.76. The largest absolute Gasteiger partial charge is 0.382 e. The lowest BCUT2D eigenvalue weighted by molar-refractivity contribution is -0.154. The van der Waals surface area contributed by atoms with E-state index in [4.69, 9.17) is 15.2 Å². The molecule has 1 fully saturated rings. The van der Waals surface area contributed by atoms with Gasteiger partial charge in [0.1, 0.15) is 0 Å². The molecule has 1 amide bonds. The highest BCUT2D eigenvalue weighted by Crippen LogP contribution is 2.23. The van der Waals surface area contributed by atoms with Gasteiger partial charge in [-0.15, -0.1) is 0 Å². The summed E-state index contributed by atoms with van der Waals surface area (Å²) in [6, 6.07) is 7.48. The molecule has 1 heterocycles. The number of nitrogens with zero attached hydrogens (tertiary/aromatic N) is 1. The topological polar surface area (TPSA) is 64.8 Å². The van der Waals surface area contributed by atoms with Crippen LogP contribution in [0.5, 0.6) is 0 Å². The number of carbonyl (C=O) groups is 1. The molecule has 0 unspecified atom stereocenters. The second-order valence-electron chi connectivity index (χ2n) is 6.19. The van der Waals surface area contributed by atoms with Crippen molar-refractivity contribution in [2.45, 2.75) is 32.1 Å². The highest BCUT2D eigenvalue weighted by Gasteiger charge is 2.33. The number of amides is 1. The molecule has 1 aliphatic rings. The number of benzene rings is 1. The summed E-state index contributed by atoms with van der Waals surface area (Å²) in [5.74, 6) is -0.392. The molecule has 1 aromatic rings. The zero-order chi connectivity index (χ0) is 15.5. The molecule has 2 N–H and O–H groups in total. The highest BCUT2D eigenvalue weighted by molar-refractivity contribution is 5.92. The Hall–Kier alpha value is -1.43. The second kappa shape index (κ2) is 6.56. The maximum absolute atomic E-state index is 11.3. The summed E-state index contributed by atoms with van der Waals surface area (Å²) in [4.78, 5) is 13.6. The van der Waals surface area contributed by atoms with Gasteiger partial charge < -0.3 is 15.2 Å². The van der Waals surface area contributed by atoms with Crippen LogP contribution in [0.3, 0.4) is 0 Å². The maximum Gasteiger partial charge on any atom is 0.248 e. The molecular weight excluding hydrogens is 268 g/mol. The first kappa shape index (κ1) is 15.9. The number of nitrogens with two attached hydrogens (primary N) is 1. The summed E-state index contributed by atoms with van der Waals surface area (Å²) in [6.07, 6.45) is 0.0677. The van der Waals surface area contributed by atoms with E-state index < -0.39 is 5.91 Å². The van der Waals surface area contributed by atoms with Crippen LogP contribution in [-0.2, 0) is 16.0 Å². The lowest BCUT2D eigenvalue weighted by Gasteiger charge is -2.42. The van der Waals surface area contributed by atoms with E-state index in [0.29, 0.717) is 12.2 Å². The summed E-state index contributed by atoms with van der Waals surface area (Å²) >= 11 is 0. The quantitative estimate of drug-likeness (QED) is 0.891. The number of morpholine rings is 1. The normalized spacial score (nSPS) is 22.1. The van der Waals surface area contributed by atoms with E-state index in [9.17, 15) is 4.79 Å². The zero-order valence-electron chi connectivity index (χ0n) is 13.0. The lowest BCUT2D eigenvalue weighted by atomic mass is 10.0. The van der Waals surface area contributed by atoms with Gasteiger partial charge in [-0.1, -0.05) is 12.1 Å². The third-order valence-corrected chi connectivity index (χ3v) is 3.52. The minimum Gasteiger partial charge on any atom is -0.382 e. The standard InChI is InChI=1S/C16H24N2O3/c1-16(2)11-18(9-14(21-16)10-20-3)8-12-5-4-6-13(7-12)15(17)19/h4-7,14H,8-11H2,1-3H3,(H2,17,19)/t14-/m1/s1. The molecule has 0 bridgehead atoms. The van der Waals surface area contributed by atoms with Gasteiger partial charge in [-0.2, -0.15) is 0 Å². The van der Waals surface area contributed by atoms with Crippen molar-refractivity contribution < 1.29 is 14.3 Å². The molecule has 5 nitrogen and oxygen atoms in total. The molecule has 0 radical (unpaired) electrons. The van der Waals surface area contributed by atoms with Crippen LogP contribution in [-0.4, -0.2) is 49.3 Å². The van der Waals surface area contributed by atoms with Crippen molar-refractivity contribution in [2.24, 2.45) is 5.73 Å². The van der Waals surface area contributed by atoms with Crippen LogP contribution in [0, 0.1) is 0 Å². The van der Waals surface area contributed by atoms with Gasteiger partial charge >= 0.3 is 0 Å². The van der Waals surface area contributed by atoms with E-state index >= 15 is 0 Å². The van der Waals surface area contributed by atoms with Crippen molar-refractivity contribution in [3.8, 4) is 0 Å². The SMILES string of the molecule is COC[C@H]1CN(Cc2cccc(C(N)=O)c2)CC(C)(C)O1. The number of hydrogen-bond acceptors (Lipinski definition) is 4. The predicted octanol–water partition coefficient (Wildman–Crippen LogP) is 1.41. The van der Waals surface area contributed by atoms with E-state index in [1.807, 2.05) is 18.2 Å². The molecule has 0 saturated carbocycles. The van der Waals surface area contributed by atoms with E-state index in [1.165, 1.54) is 0 Å². The molecular formula is C16H24N2O3. The lowest BCUT2D eigenvalue weighted by Crippen LogP contribution is -2.53. The Morgan fingerprint density at radius 2 is 2.29 bits per heavy atom. The first-order chi connectivity index (χ1) is 9.89. The van der Waals surface area contributed by atoms with Crippen molar-refractivity contribution in [2.75, 3.05) is 26.8 Å². The number of hydrogen-bond donors (Lipinski definition) is 1. The molecule has 1 saturated heterocycles. The van der Waals surface area contributed by atoms with Gasteiger partial charge in [0.25, 0.3) is 0 Å². The first-order valence-corrected chi connectivity index (χ1v) is 7.17. The van der Waals surface area contributed by atoms with Crippen molar-refractivity contribution in [1.82, 2.24) is 4.90 Å². The molecule has 1 atom stereocenters. The number of carbonyl (C=O) groups excluding carboxylic acids is 1. The number of rotatable bonds is 5. The number of primary amides is 1. The molecule has 0 aromatic heterocycles. The van der Waals surface area contributed by atoms with Crippen LogP contribution < -0.4 is 5.73 Å². The molecule has 21 heavy (non-hydrogen) atoms. The Bertz CT molecular complexity index is 502. The zero-order valence-corrected chi connectivity index (χ0v) is 13.0. The average molecular weight is 292 g/mol. The van der Waals surface area contributed by atoms with Crippen LogP contribution in [0.4, 0.5) is 0 Å². The molecule has 2 rings (SSSR count). The van der Waals surface area contributed by atoms with E-state index in [0.717, 1.165) is 25.2 Å². The Morgan fingerprint density at radius 1 is 1.52 bits per heavy atom. The van der Waals surface area contributed by atoms with Crippen LogP contribution in [0.2, 0.25) is 0 Å². The summed E-state index contributed by atoms with van der Waals surface area (Å²) in [6.45, 7) is 7.19.